The van der Waals surface area contributed by atoms with Gasteiger partial charge in [0.05, 0.1) is 11.6 Å². The molecule has 78 valence electrons. The lowest BCUT2D eigenvalue weighted by Gasteiger charge is -2.04. The zero-order valence-electron chi connectivity index (χ0n) is 8.11. The molecule has 0 unspecified atom stereocenters. The van der Waals surface area contributed by atoms with Gasteiger partial charge >= 0.3 is 0 Å². The molecule has 2 aromatic heterocycles. The van der Waals surface area contributed by atoms with Gasteiger partial charge in [-0.25, -0.2) is 14.1 Å². The summed E-state index contributed by atoms with van der Waals surface area (Å²) in [6.45, 7) is 1.83. The number of aromatic nitrogens is 3. The SMILES string of the molecule is Cc1ccn(-c2nccc(CCl)c2F)n1. The van der Waals surface area contributed by atoms with Gasteiger partial charge < -0.3 is 0 Å². The summed E-state index contributed by atoms with van der Waals surface area (Å²) in [6, 6.07) is 3.34. The van der Waals surface area contributed by atoms with E-state index >= 15 is 0 Å². The number of nitrogens with zero attached hydrogens (tertiary/aromatic N) is 3. The highest BCUT2D eigenvalue weighted by Gasteiger charge is 2.10. The molecule has 2 rings (SSSR count). The summed E-state index contributed by atoms with van der Waals surface area (Å²) < 4.78 is 15.2. The Bertz CT molecular complexity index is 481. The van der Waals surface area contributed by atoms with E-state index in [-0.39, 0.29) is 11.7 Å². The molecule has 5 heteroatoms. The summed E-state index contributed by atoms with van der Waals surface area (Å²) in [5.74, 6) is -0.112. The van der Waals surface area contributed by atoms with Crippen molar-refractivity contribution in [3.05, 3.63) is 41.6 Å². The Morgan fingerprint density at radius 3 is 2.87 bits per heavy atom. The average Bonchev–Trinajstić information content (AvgIpc) is 2.65. The summed E-state index contributed by atoms with van der Waals surface area (Å²) in [6.07, 6.45) is 3.19. The van der Waals surface area contributed by atoms with Crippen LogP contribution < -0.4 is 0 Å². The lowest BCUT2D eigenvalue weighted by molar-refractivity contribution is 0.590. The summed E-state index contributed by atoms with van der Waals surface area (Å²) in [7, 11) is 0. The van der Waals surface area contributed by atoms with Gasteiger partial charge in [0, 0.05) is 18.0 Å². The fourth-order valence-corrected chi connectivity index (χ4v) is 1.47. The van der Waals surface area contributed by atoms with E-state index in [0.29, 0.717) is 5.56 Å². The molecule has 0 spiro atoms. The maximum Gasteiger partial charge on any atom is 0.189 e. The predicted molar refractivity (Wildman–Crippen MR) is 55.6 cm³/mol. The number of hydrogen-bond donors (Lipinski definition) is 0. The average molecular weight is 226 g/mol. The molecule has 0 aromatic carbocycles. The number of rotatable bonds is 2. The second-order valence-corrected chi connectivity index (χ2v) is 3.41. The van der Waals surface area contributed by atoms with E-state index < -0.39 is 5.82 Å². The van der Waals surface area contributed by atoms with Crippen LogP contribution in [-0.2, 0) is 5.88 Å². The van der Waals surface area contributed by atoms with Crippen LogP contribution in [0.25, 0.3) is 5.82 Å². The molecule has 0 atom stereocenters. The molecule has 2 heterocycles. The van der Waals surface area contributed by atoms with E-state index in [1.807, 2.05) is 6.92 Å². The van der Waals surface area contributed by atoms with Crippen LogP contribution in [0.1, 0.15) is 11.3 Å². The molecule has 0 fully saturated rings. The molecule has 0 N–H and O–H groups in total. The minimum Gasteiger partial charge on any atom is -0.235 e. The van der Waals surface area contributed by atoms with Crippen LogP contribution in [0.5, 0.6) is 0 Å². The van der Waals surface area contributed by atoms with E-state index in [9.17, 15) is 4.39 Å². The third-order valence-electron chi connectivity index (χ3n) is 2.03. The third kappa shape index (κ3) is 1.85. The molecule has 0 aliphatic carbocycles. The molecule has 3 nitrogen and oxygen atoms in total. The van der Waals surface area contributed by atoms with Gasteiger partial charge in [-0.3, -0.25) is 0 Å². The van der Waals surface area contributed by atoms with Gasteiger partial charge in [0.1, 0.15) is 0 Å². The lowest BCUT2D eigenvalue weighted by Crippen LogP contribution is -2.04. The zero-order chi connectivity index (χ0) is 10.8. The van der Waals surface area contributed by atoms with Gasteiger partial charge in [-0.2, -0.15) is 5.10 Å². The highest BCUT2D eigenvalue weighted by Crippen LogP contribution is 2.15. The number of alkyl halides is 1. The predicted octanol–water partition coefficient (Wildman–Crippen LogP) is 2.45. The first-order valence-corrected chi connectivity index (χ1v) is 4.98. The van der Waals surface area contributed by atoms with Crippen LogP contribution >= 0.6 is 11.6 Å². The van der Waals surface area contributed by atoms with Crippen LogP contribution in [0.15, 0.2) is 24.5 Å². The first kappa shape index (κ1) is 10.1. The van der Waals surface area contributed by atoms with Crippen molar-refractivity contribution in [3.63, 3.8) is 0 Å². The van der Waals surface area contributed by atoms with Crippen molar-refractivity contribution in [3.8, 4) is 5.82 Å². The number of pyridine rings is 1. The van der Waals surface area contributed by atoms with Crippen molar-refractivity contribution in [2.45, 2.75) is 12.8 Å². The Hall–Kier alpha value is -1.42. The number of hydrogen-bond acceptors (Lipinski definition) is 2. The van der Waals surface area contributed by atoms with Gasteiger partial charge in [0.25, 0.3) is 0 Å². The quantitative estimate of drug-likeness (QED) is 0.735. The van der Waals surface area contributed by atoms with E-state index in [1.54, 1.807) is 18.3 Å². The fourth-order valence-electron chi connectivity index (χ4n) is 1.27. The minimum atomic E-state index is -0.421. The molecule has 2 aromatic rings. The van der Waals surface area contributed by atoms with Crippen LogP contribution in [0.4, 0.5) is 4.39 Å². The molecule has 0 radical (unpaired) electrons. The smallest absolute Gasteiger partial charge is 0.189 e. The van der Waals surface area contributed by atoms with Crippen molar-refractivity contribution < 1.29 is 4.39 Å². The minimum absolute atomic E-state index is 0.127. The first-order chi connectivity index (χ1) is 7.22. The summed E-state index contributed by atoms with van der Waals surface area (Å²) >= 11 is 5.60. The van der Waals surface area contributed by atoms with Crippen molar-refractivity contribution in [1.29, 1.82) is 0 Å². The lowest BCUT2D eigenvalue weighted by atomic mass is 10.3. The summed E-state index contributed by atoms with van der Waals surface area (Å²) in [5, 5.41) is 4.09. The van der Waals surface area contributed by atoms with Gasteiger partial charge in [0.15, 0.2) is 11.6 Å². The Balaban J connectivity index is 2.53. The molecular formula is C10H9ClFN3. The van der Waals surface area contributed by atoms with E-state index in [4.69, 9.17) is 11.6 Å². The van der Waals surface area contributed by atoms with Crippen LogP contribution in [0.3, 0.4) is 0 Å². The van der Waals surface area contributed by atoms with Crippen LogP contribution in [0.2, 0.25) is 0 Å². The van der Waals surface area contributed by atoms with Crippen LogP contribution in [0, 0.1) is 12.7 Å². The van der Waals surface area contributed by atoms with Gasteiger partial charge in [0.2, 0.25) is 0 Å². The standard InChI is InChI=1S/C10H9ClFN3/c1-7-3-5-15(14-7)10-9(12)8(6-11)2-4-13-10/h2-5H,6H2,1H3. The fraction of sp³-hybridized carbons (Fsp3) is 0.200. The first-order valence-electron chi connectivity index (χ1n) is 4.44. The largest absolute Gasteiger partial charge is 0.235 e. The maximum absolute atomic E-state index is 13.8. The molecular weight excluding hydrogens is 217 g/mol. The Kier molecular flexibility index (Phi) is 2.68. The molecule has 0 saturated heterocycles. The summed E-state index contributed by atoms with van der Waals surface area (Å²) in [5.41, 5.74) is 1.24. The van der Waals surface area contributed by atoms with E-state index in [2.05, 4.69) is 10.1 Å². The zero-order valence-corrected chi connectivity index (χ0v) is 8.87. The van der Waals surface area contributed by atoms with Gasteiger partial charge in [-0.15, -0.1) is 11.6 Å². The Morgan fingerprint density at radius 2 is 2.27 bits per heavy atom. The molecule has 15 heavy (non-hydrogen) atoms. The summed E-state index contributed by atoms with van der Waals surface area (Å²) in [4.78, 5) is 3.94. The van der Waals surface area contributed by atoms with Crippen molar-refractivity contribution in [2.24, 2.45) is 0 Å². The monoisotopic (exact) mass is 225 g/mol. The highest BCUT2D eigenvalue weighted by molar-refractivity contribution is 6.17. The number of halogens is 2. The van der Waals surface area contributed by atoms with Gasteiger partial charge in [-0.1, -0.05) is 0 Å². The normalized spacial score (nSPS) is 10.6. The number of aryl methyl sites for hydroxylation is 1. The Labute approximate surface area is 91.5 Å². The molecule has 0 aliphatic rings. The van der Waals surface area contributed by atoms with E-state index in [0.717, 1.165) is 5.69 Å². The molecule has 0 saturated carbocycles. The van der Waals surface area contributed by atoms with Gasteiger partial charge in [-0.05, 0) is 19.1 Å². The molecule has 0 amide bonds. The second-order valence-electron chi connectivity index (χ2n) is 3.14. The third-order valence-corrected chi connectivity index (χ3v) is 2.32. The van der Waals surface area contributed by atoms with Crippen LogP contribution in [-0.4, -0.2) is 14.8 Å². The topological polar surface area (TPSA) is 30.7 Å². The second kappa shape index (κ2) is 3.98. The molecule has 0 aliphatic heterocycles. The van der Waals surface area contributed by atoms with Crippen molar-refractivity contribution >= 4 is 11.6 Å². The highest BCUT2D eigenvalue weighted by atomic mass is 35.5. The molecule has 0 bridgehead atoms. The maximum atomic E-state index is 13.8. The van der Waals surface area contributed by atoms with Crippen molar-refractivity contribution in [1.82, 2.24) is 14.8 Å². The van der Waals surface area contributed by atoms with E-state index in [1.165, 1.54) is 10.9 Å². The Morgan fingerprint density at radius 1 is 1.47 bits per heavy atom. The van der Waals surface area contributed by atoms with Crippen molar-refractivity contribution in [2.75, 3.05) is 0 Å².